The zero-order valence-corrected chi connectivity index (χ0v) is 20.4. The number of hydrogen-bond acceptors (Lipinski definition) is 3. The Hall–Kier alpha value is -3.06. The van der Waals surface area contributed by atoms with E-state index in [1.807, 2.05) is 12.1 Å². The number of sulfonamides is 1. The van der Waals surface area contributed by atoms with Crippen LogP contribution in [-0.4, -0.2) is 13.0 Å². The molecule has 5 nitrogen and oxygen atoms in total. The molecule has 1 aliphatic heterocycles. The fourth-order valence-corrected chi connectivity index (χ4v) is 6.68. The van der Waals surface area contributed by atoms with E-state index in [0.29, 0.717) is 27.0 Å². The monoisotopic (exact) mass is 510 g/mol. The van der Waals surface area contributed by atoms with E-state index in [-0.39, 0.29) is 10.5 Å². The lowest BCUT2D eigenvalue weighted by molar-refractivity contribution is 0.529. The first-order valence-electron chi connectivity index (χ1n) is 10.6. The summed E-state index contributed by atoms with van der Waals surface area (Å²) >= 11 is 12.3. The summed E-state index contributed by atoms with van der Waals surface area (Å²) in [6.45, 7) is 1.76. The number of anilines is 1. The first-order valence-corrected chi connectivity index (χ1v) is 12.8. The van der Waals surface area contributed by atoms with E-state index < -0.39 is 22.1 Å². The Bertz CT molecular complexity index is 1530. The van der Waals surface area contributed by atoms with Crippen molar-refractivity contribution >= 4 is 39.0 Å². The maximum atomic E-state index is 14.2. The highest BCUT2D eigenvalue weighted by Gasteiger charge is 2.47. The fourth-order valence-electron chi connectivity index (χ4n) is 4.55. The minimum Gasteiger partial charge on any atom is -0.284 e. The summed E-state index contributed by atoms with van der Waals surface area (Å²) in [5.74, 6) is 0.302. The number of fused-ring (bicyclic) bond motifs is 1. The molecule has 0 saturated carbocycles. The van der Waals surface area contributed by atoms with Crippen LogP contribution in [0.5, 0.6) is 0 Å². The van der Waals surface area contributed by atoms with Gasteiger partial charge in [-0.15, -0.1) is 0 Å². The molecular weight excluding hydrogens is 491 g/mol. The number of hydrogen-bond donors (Lipinski definition) is 0. The van der Waals surface area contributed by atoms with Gasteiger partial charge in [-0.05, 0) is 60.0 Å². The first-order chi connectivity index (χ1) is 16.3. The summed E-state index contributed by atoms with van der Waals surface area (Å²) in [7, 11) is -4.04. The summed E-state index contributed by atoms with van der Waals surface area (Å²) in [6, 6.07) is 24.4. The lowest BCUT2D eigenvalue weighted by atomic mass is 9.94. The number of aromatic nitrogens is 1. The van der Waals surface area contributed by atoms with Gasteiger partial charge < -0.3 is 0 Å². The Morgan fingerprint density at radius 3 is 1.85 bits per heavy atom. The molecule has 172 valence electrons. The Labute approximate surface area is 207 Å². The maximum absolute atomic E-state index is 14.2. The quantitative estimate of drug-likeness (QED) is 0.338. The summed E-state index contributed by atoms with van der Waals surface area (Å²) in [5, 5.41) is 1.09. The van der Waals surface area contributed by atoms with Crippen molar-refractivity contribution in [1.82, 2.24) is 4.57 Å². The van der Waals surface area contributed by atoms with Gasteiger partial charge in [-0.25, -0.2) is 12.7 Å². The van der Waals surface area contributed by atoms with Gasteiger partial charge in [0.05, 0.1) is 17.0 Å². The number of aryl methyl sites for hydroxylation is 1. The minimum atomic E-state index is -4.04. The van der Waals surface area contributed by atoms with Gasteiger partial charge in [0.1, 0.15) is 5.82 Å². The average Bonchev–Trinajstić information content (AvgIpc) is 3.17. The molecule has 5 rings (SSSR count). The van der Waals surface area contributed by atoms with Crippen molar-refractivity contribution in [2.24, 2.45) is 0 Å². The van der Waals surface area contributed by atoms with Crippen molar-refractivity contribution in [1.29, 1.82) is 0 Å². The van der Waals surface area contributed by atoms with Gasteiger partial charge in [0, 0.05) is 16.1 Å². The van der Waals surface area contributed by atoms with Crippen LogP contribution < -0.4 is 9.86 Å². The Kier molecular flexibility index (Phi) is 5.76. The fraction of sp³-hybridized carbons (Fsp3) is 0.115. The van der Waals surface area contributed by atoms with E-state index in [9.17, 15) is 13.2 Å². The molecule has 8 heteroatoms. The second-order valence-corrected chi connectivity index (χ2v) is 10.8. The van der Waals surface area contributed by atoms with E-state index in [0.717, 1.165) is 5.56 Å². The van der Waals surface area contributed by atoms with Crippen LogP contribution in [0.25, 0.3) is 0 Å². The molecule has 2 unspecified atom stereocenters. The Morgan fingerprint density at radius 1 is 0.706 bits per heavy atom. The minimum absolute atomic E-state index is 0.188. The van der Waals surface area contributed by atoms with Gasteiger partial charge in [0.25, 0.3) is 15.6 Å². The summed E-state index contributed by atoms with van der Waals surface area (Å²) in [6.07, 6.45) is 0. The van der Waals surface area contributed by atoms with Crippen LogP contribution in [0.15, 0.2) is 101 Å². The lowest BCUT2D eigenvalue weighted by Gasteiger charge is -2.29. The van der Waals surface area contributed by atoms with Crippen LogP contribution in [0.2, 0.25) is 10.0 Å². The average molecular weight is 511 g/mol. The normalized spacial score (nSPS) is 17.6. The number of nitrogens with zero attached hydrogens (tertiary/aromatic N) is 2. The van der Waals surface area contributed by atoms with Crippen LogP contribution >= 0.6 is 23.2 Å². The second kappa shape index (κ2) is 8.62. The molecule has 3 aromatic carbocycles. The number of halogens is 2. The highest BCUT2D eigenvalue weighted by molar-refractivity contribution is 7.93. The number of benzene rings is 3. The molecule has 34 heavy (non-hydrogen) atoms. The van der Waals surface area contributed by atoms with E-state index >= 15 is 0 Å². The van der Waals surface area contributed by atoms with Crippen molar-refractivity contribution < 1.29 is 8.42 Å². The SMILES string of the molecule is Cc1ccccc1S(=O)(=O)N1c2cccc(=O)n2C(c2ccc(Cl)cc2)C1c1ccc(Cl)cc1. The third kappa shape index (κ3) is 3.72. The summed E-state index contributed by atoms with van der Waals surface area (Å²) in [4.78, 5) is 13.4. The summed E-state index contributed by atoms with van der Waals surface area (Å²) in [5.41, 5.74) is 1.81. The Morgan fingerprint density at radius 2 is 1.26 bits per heavy atom. The van der Waals surface area contributed by atoms with E-state index in [4.69, 9.17) is 23.2 Å². The molecule has 1 aromatic heterocycles. The van der Waals surface area contributed by atoms with E-state index in [1.165, 1.54) is 10.4 Å². The zero-order valence-electron chi connectivity index (χ0n) is 18.1. The molecule has 1 aliphatic rings. The van der Waals surface area contributed by atoms with Crippen molar-refractivity contribution in [3.05, 3.63) is 128 Å². The predicted octanol–water partition coefficient (Wildman–Crippen LogP) is 6.00. The molecule has 0 bridgehead atoms. The molecule has 0 saturated heterocycles. The molecule has 2 atom stereocenters. The van der Waals surface area contributed by atoms with Gasteiger partial charge >= 0.3 is 0 Å². The standard InChI is InChI=1S/C26H20Cl2N2O3S/c1-17-5-2-3-6-22(17)34(32,33)30-23-7-4-8-24(31)29(23)25(18-9-13-20(27)14-10-18)26(30)19-11-15-21(28)16-12-19/h2-16,25-26H,1H3. The smallest absolute Gasteiger partial charge is 0.266 e. The van der Waals surface area contributed by atoms with Gasteiger partial charge in [-0.1, -0.05) is 71.7 Å². The van der Waals surface area contributed by atoms with Gasteiger partial charge in [-0.3, -0.25) is 9.36 Å². The van der Waals surface area contributed by atoms with Crippen LogP contribution in [-0.2, 0) is 10.0 Å². The van der Waals surface area contributed by atoms with Crippen LogP contribution in [0.3, 0.4) is 0 Å². The topological polar surface area (TPSA) is 59.4 Å². The third-order valence-electron chi connectivity index (χ3n) is 6.08. The van der Waals surface area contributed by atoms with Crippen molar-refractivity contribution in [2.75, 3.05) is 4.31 Å². The van der Waals surface area contributed by atoms with Crippen LogP contribution in [0, 0.1) is 6.92 Å². The van der Waals surface area contributed by atoms with Gasteiger partial charge in [-0.2, -0.15) is 0 Å². The molecule has 4 aromatic rings. The molecule has 0 aliphatic carbocycles. The van der Waals surface area contributed by atoms with Gasteiger partial charge in [0.2, 0.25) is 0 Å². The highest BCUT2D eigenvalue weighted by atomic mass is 35.5. The summed E-state index contributed by atoms with van der Waals surface area (Å²) < 4.78 is 31.2. The molecule has 2 heterocycles. The molecule has 0 radical (unpaired) electrons. The van der Waals surface area contributed by atoms with Crippen molar-refractivity contribution in [3.63, 3.8) is 0 Å². The second-order valence-electron chi connectivity index (χ2n) is 8.15. The largest absolute Gasteiger partial charge is 0.284 e. The van der Waals surface area contributed by atoms with E-state index in [1.54, 1.807) is 84.3 Å². The molecule has 0 fully saturated rings. The number of pyridine rings is 1. The molecular formula is C26H20Cl2N2O3S. The van der Waals surface area contributed by atoms with Crippen molar-refractivity contribution in [3.8, 4) is 0 Å². The van der Waals surface area contributed by atoms with Gasteiger partial charge in [0.15, 0.2) is 0 Å². The van der Waals surface area contributed by atoms with E-state index in [2.05, 4.69) is 0 Å². The third-order valence-corrected chi connectivity index (χ3v) is 8.53. The van der Waals surface area contributed by atoms with Crippen LogP contribution in [0.4, 0.5) is 5.82 Å². The zero-order chi connectivity index (χ0) is 24.0. The molecule has 0 N–H and O–H groups in total. The van der Waals surface area contributed by atoms with Crippen LogP contribution in [0.1, 0.15) is 28.8 Å². The Balaban J connectivity index is 1.83. The first kappa shape index (κ1) is 22.7. The number of rotatable bonds is 4. The predicted molar refractivity (Wildman–Crippen MR) is 135 cm³/mol. The molecule has 0 amide bonds. The van der Waals surface area contributed by atoms with Crippen molar-refractivity contribution in [2.45, 2.75) is 23.9 Å². The molecule has 0 spiro atoms. The lowest BCUT2D eigenvalue weighted by Crippen LogP contribution is -2.34. The highest BCUT2D eigenvalue weighted by Crippen LogP contribution is 2.49. The maximum Gasteiger partial charge on any atom is 0.266 e.